The van der Waals surface area contributed by atoms with Crippen molar-refractivity contribution in [1.29, 1.82) is 0 Å². The molecule has 1 aliphatic heterocycles. The highest BCUT2D eigenvalue weighted by molar-refractivity contribution is 7.10. The number of fused-ring (bicyclic) bond motifs is 1. The first-order valence-electron chi connectivity index (χ1n) is 5.80. The van der Waals surface area contributed by atoms with E-state index in [0.717, 1.165) is 11.5 Å². The van der Waals surface area contributed by atoms with Crippen LogP contribution in [0.3, 0.4) is 0 Å². The van der Waals surface area contributed by atoms with Crippen molar-refractivity contribution >= 4 is 28.5 Å². The standard InChI is InChI=1S/C12H9N3O5S/c1-18-11(17)9-13-12(21-15-9)14-10(16)6-2-3-7-8(4-6)20-5-19-7/h2-4H,5H2,1H3,(H,13,14,15,16). The molecule has 0 aliphatic carbocycles. The fourth-order valence-electron chi connectivity index (χ4n) is 1.66. The lowest BCUT2D eigenvalue weighted by molar-refractivity contribution is 0.0588. The van der Waals surface area contributed by atoms with E-state index in [1.165, 1.54) is 7.11 Å². The van der Waals surface area contributed by atoms with Crippen LogP contribution in [0.5, 0.6) is 11.5 Å². The first-order valence-corrected chi connectivity index (χ1v) is 6.58. The van der Waals surface area contributed by atoms with Gasteiger partial charge in [-0.2, -0.15) is 9.36 Å². The molecule has 0 radical (unpaired) electrons. The van der Waals surface area contributed by atoms with Crippen molar-refractivity contribution < 1.29 is 23.8 Å². The molecule has 21 heavy (non-hydrogen) atoms. The van der Waals surface area contributed by atoms with Crippen molar-refractivity contribution in [2.45, 2.75) is 0 Å². The third kappa shape index (κ3) is 2.63. The number of methoxy groups -OCH3 is 1. The smallest absolute Gasteiger partial charge is 0.377 e. The molecule has 1 amide bonds. The molecule has 1 aliphatic rings. The number of rotatable bonds is 3. The number of amides is 1. The van der Waals surface area contributed by atoms with Gasteiger partial charge in [-0.05, 0) is 18.2 Å². The zero-order valence-electron chi connectivity index (χ0n) is 10.8. The second-order valence-electron chi connectivity index (χ2n) is 3.94. The van der Waals surface area contributed by atoms with Crippen molar-refractivity contribution in [2.24, 2.45) is 0 Å². The van der Waals surface area contributed by atoms with E-state index < -0.39 is 5.97 Å². The Morgan fingerprint density at radius 3 is 2.95 bits per heavy atom. The SMILES string of the molecule is COC(=O)c1nsc(NC(=O)c2ccc3c(c2)OCO3)n1. The second kappa shape index (κ2) is 5.37. The lowest BCUT2D eigenvalue weighted by atomic mass is 10.2. The number of aromatic nitrogens is 2. The van der Waals surface area contributed by atoms with Gasteiger partial charge in [-0.1, -0.05) is 0 Å². The summed E-state index contributed by atoms with van der Waals surface area (Å²) in [4.78, 5) is 27.2. The van der Waals surface area contributed by atoms with Crippen LogP contribution in [0.1, 0.15) is 21.0 Å². The lowest BCUT2D eigenvalue weighted by Crippen LogP contribution is -2.12. The Labute approximate surface area is 122 Å². The van der Waals surface area contributed by atoms with Crippen molar-refractivity contribution in [3.63, 3.8) is 0 Å². The molecule has 8 nitrogen and oxygen atoms in total. The Hall–Kier alpha value is -2.68. The second-order valence-corrected chi connectivity index (χ2v) is 4.69. The zero-order chi connectivity index (χ0) is 14.8. The summed E-state index contributed by atoms with van der Waals surface area (Å²) in [6.07, 6.45) is 0. The third-order valence-corrected chi connectivity index (χ3v) is 3.28. The summed E-state index contributed by atoms with van der Waals surface area (Å²) in [6.45, 7) is 0.138. The molecule has 3 rings (SSSR count). The van der Waals surface area contributed by atoms with Crippen LogP contribution in [0.25, 0.3) is 0 Å². The van der Waals surface area contributed by atoms with E-state index in [2.05, 4.69) is 19.4 Å². The Bertz CT molecular complexity index is 715. The van der Waals surface area contributed by atoms with Gasteiger partial charge in [-0.3, -0.25) is 10.1 Å². The average molecular weight is 307 g/mol. The fraction of sp³-hybridized carbons (Fsp3) is 0.167. The maximum absolute atomic E-state index is 12.1. The molecule has 0 saturated heterocycles. The summed E-state index contributed by atoms with van der Waals surface area (Å²) in [7, 11) is 1.23. The minimum Gasteiger partial charge on any atom is -0.463 e. The van der Waals surface area contributed by atoms with Crippen LogP contribution in [-0.4, -0.2) is 35.1 Å². The molecule has 0 unspecified atom stereocenters. The number of nitrogens with one attached hydrogen (secondary N) is 1. The summed E-state index contributed by atoms with van der Waals surface area (Å²) < 4.78 is 18.6. The summed E-state index contributed by atoms with van der Waals surface area (Å²) in [5, 5.41) is 2.76. The van der Waals surface area contributed by atoms with Crippen LogP contribution < -0.4 is 14.8 Å². The van der Waals surface area contributed by atoms with Crippen molar-refractivity contribution in [3.05, 3.63) is 29.6 Å². The molecule has 0 fully saturated rings. The predicted molar refractivity (Wildman–Crippen MR) is 71.8 cm³/mol. The predicted octanol–water partition coefficient (Wildman–Crippen LogP) is 1.31. The summed E-state index contributed by atoms with van der Waals surface area (Å²) >= 11 is 0.892. The van der Waals surface area contributed by atoms with Crippen LogP contribution >= 0.6 is 11.5 Å². The number of benzene rings is 1. The van der Waals surface area contributed by atoms with Gasteiger partial charge in [0.2, 0.25) is 11.9 Å². The summed E-state index contributed by atoms with van der Waals surface area (Å²) in [6, 6.07) is 4.82. The van der Waals surface area contributed by atoms with Gasteiger partial charge < -0.3 is 14.2 Å². The van der Waals surface area contributed by atoms with Gasteiger partial charge in [0.15, 0.2) is 11.5 Å². The number of carbonyl (C=O) groups excluding carboxylic acids is 2. The van der Waals surface area contributed by atoms with Crippen LogP contribution in [0, 0.1) is 0 Å². The molecular weight excluding hydrogens is 298 g/mol. The Morgan fingerprint density at radius 1 is 1.33 bits per heavy atom. The van der Waals surface area contributed by atoms with E-state index in [4.69, 9.17) is 9.47 Å². The fourth-order valence-corrected chi connectivity index (χ4v) is 2.21. The van der Waals surface area contributed by atoms with Crippen LogP contribution in [0.4, 0.5) is 5.13 Å². The minimum absolute atomic E-state index is 0.0940. The number of nitrogens with zero attached hydrogens (tertiary/aromatic N) is 2. The van der Waals surface area contributed by atoms with E-state index in [1.54, 1.807) is 18.2 Å². The molecule has 9 heteroatoms. The summed E-state index contributed by atoms with van der Waals surface area (Å²) in [5.41, 5.74) is 0.383. The topological polar surface area (TPSA) is 99.6 Å². The molecule has 108 valence electrons. The maximum Gasteiger partial charge on any atom is 0.377 e. The minimum atomic E-state index is -0.658. The van der Waals surface area contributed by atoms with Gasteiger partial charge >= 0.3 is 5.97 Å². The Morgan fingerprint density at radius 2 is 2.14 bits per heavy atom. The van der Waals surface area contributed by atoms with Gasteiger partial charge in [-0.25, -0.2) is 4.79 Å². The van der Waals surface area contributed by atoms with Crippen molar-refractivity contribution in [1.82, 2.24) is 9.36 Å². The highest BCUT2D eigenvalue weighted by Crippen LogP contribution is 2.32. The van der Waals surface area contributed by atoms with E-state index in [9.17, 15) is 9.59 Å². The monoisotopic (exact) mass is 307 g/mol. The molecule has 2 aromatic rings. The van der Waals surface area contributed by atoms with Crippen molar-refractivity contribution in [3.8, 4) is 11.5 Å². The van der Waals surface area contributed by atoms with E-state index in [0.29, 0.717) is 17.1 Å². The quantitative estimate of drug-likeness (QED) is 0.853. The summed E-state index contributed by atoms with van der Waals surface area (Å²) in [5.74, 6) is -0.0372. The van der Waals surface area contributed by atoms with Gasteiger partial charge in [0.1, 0.15) is 0 Å². The highest BCUT2D eigenvalue weighted by atomic mass is 32.1. The number of anilines is 1. The molecule has 0 saturated carbocycles. The number of esters is 1. The molecule has 0 spiro atoms. The van der Waals surface area contributed by atoms with Crippen LogP contribution in [-0.2, 0) is 4.74 Å². The van der Waals surface area contributed by atoms with Crippen molar-refractivity contribution in [2.75, 3.05) is 19.2 Å². The molecular formula is C12H9N3O5S. The molecule has 0 atom stereocenters. The van der Waals surface area contributed by atoms with Crippen LogP contribution in [0.2, 0.25) is 0 Å². The van der Waals surface area contributed by atoms with Gasteiger partial charge in [0.25, 0.3) is 11.7 Å². The Balaban J connectivity index is 1.74. The Kier molecular flexibility index (Phi) is 3.40. The first-order chi connectivity index (χ1) is 10.2. The average Bonchev–Trinajstić information content (AvgIpc) is 3.14. The van der Waals surface area contributed by atoms with Gasteiger partial charge in [0.05, 0.1) is 7.11 Å². The number of hydrogen-bond donors (Lipinski definition) is 1. The van der Waals surface area contributed by atoms with E-state index >= 15 is 0 Å². The largest absolute Gasteiger partial charge is 0.463 e. The van der Waals surface area contributed by atoms with E-state index in [-0.39, 0.29) is 23.7 Å². The maximum atomic E-state index is 12.1. The van der Waals surface area contributed by atoms with Crippen LogP contribution in [0.15, 0.2) is 18.2 Å². The number of hydrogen-bond acceptors (Lipinski definition) is 8. The zero-order valence-corrected chi connectivity index (χ0v) is 11.6. The number of ether oxygens (including phenoxy) is 3. The van der Waals surface area contributed by atoms with Gasteiger partial charge in [0, 0.05) is 17.1 Å². The molecule has 1 aromatic carbocycles. The molecule has 1 N–H and O–H groups in total. The molecule has 0 bridgehead atoms. The first kappa shape index (κ1) is 13.3. The lowest BCUT2D eigenvalue weighted by Gasteiger charge is -2.02. The van der Waals surface area contributed by atoms with Gasteiger partial charge in [-0.15, -0.1) is 0 Å². The molecule has 2 heterocycles. The number of carbonyl (C=O) groups is 2. The normalized spacial score (nSPS) is 12.0. The van der Waals surface area contributed by atoms with E-state index in [1.807, 2.05) is 0 Å². The highest BCUT2D eigenvalue weighted by Gasteiger charge is 2.18. The molecule has 1 aromatic heterocycles. The third-order valence-electron chi connectivity index (χ3n) is 2.65.